The zero-order chi connectivity index (χ0) is 19.6. The molecule has 1 aliphatic rings. The molecule has 0 aromatic heterocycles. The van der Waals surface area contributed by atoms with Gasteiger partial charge in [0.05, 0.1) is 4.90 Å². The third-order valence-electron chi connectivity index (χ3n) is 4.37. The Hall–Kier alpha value is -2.58. The second kappa shape index (κ2) is 7.58. The Labute approximate surface area is 158 Å². The number of carbonyl (C=O) groups is 1. The van der Waals surface area contributed by atoms with Gasteiger partial charge in [0, 0.05) is 26.2 Å². The number of aryl methyl sites for hydroxylation is 1. The summed E-state index contributed by atoms with van der Waals surface area (Å²) >= 11 is 0. The number of benzene rings is 2. The maximum Gasteiger partial charge on any atom is 0.251 e. The zero-order valence-electron chi connectivity index (χ0n) is 15.5. The lowest BCUT2D eigenvalue weighted by molar-refractivity contribution is 0.0953. The standard InChI is InChI=1S/C19H22N2O5S/c1-13-4-6-15(27(23,24)21(2)3)11-16(13)19(22)20-9-8-14-5-7-17-18(10-14)26-12-25-17/h4-7,10-11H,8-9,12H2,1-3H3,(H,20,22). The van der Waals surface area contributed by atoms with Gasteiger partial charge in [0.15, 0.2) is 11.5 Å². The second-order valence-corrected chi connectivity index (χ2v) is 8.61. The van der Waals surface area contributed by atoms with E-state index in [2.05, 4.69) is 5.32 Å². The molecule has 0 fully saturated rings. The number of carbonyl (C=O) groups excluding carboxylic acids is 1. The highest BCUT2D eigenvalue weighted by Gasteiger charge is 2.20. The first-order valence-corrected chi connectivity index (χ1v) is 9.93. The van der Waals surface area contributed by atoms with Crippen molar-refractivity contribution in [1.82, 2.24) is 9.62 Å². The highest BCUT2D eigenvalue weighted by molar-refractivity contribution is 7.89. The van der Waals surface area contributed by atoms with Crippen molar-refractivity contribution < 1.29 is 22.7 Å². The molecule has 27 heavy (non-hydrogen) atoms. The van der Waals surface area contributed by atoms with Gasteiger partial charge < -0.3 is 14.8 Å². The first kappa shape index (κ1) is 19.2. The third-order valence-corrected chi connectivity index (χ3v) is 6.18. The zero-order valence-corrected chi connectivity index (χ0v) is 16.3. The van der Waals surface area contributed by atoms with E-state index in [0.29, 0.717) is 29.8 Å². The Morgan fingerprint density at radius 2 is 1.85 bits per heavy atom. The van der Waals surface area contributed by atoms with Crippen molar-refractivity contribution in [2.75, 3.05) is 27.4 Å². The quantitative estimate of drug-likeness (QED) is 0.815. The van der Waals surface area contributed by atoms with Crippen molar-refractivity contribution in [2.45, 2.75) is 18.2 Å². The molecule has 3 rings (SSSR count). The largest absolute Gasteiger partial charge is 0.454 e. The number of rotatable bonds is 6. The van der Waals surface area contributed by atoms with Crippen LogP contribution in [0.4, 0.5) is 0 Å². The molecule has 1 aliphatic heterocycles. The van der Waals surface area contributed by atoms with Crippen LogP contribution >= 0.6 is 0 Å². The predicted octanol–water partition coefficient (Wildman–Crippen LogP) is 1.95. The summed E-state index contributed by atoms with van der Waals surface area (Å²) in [4.78, 5) is 12.6. The number of fused-ring (bicyclic) bond motifs is 1. The van der Waals surface area contributed by atoms with Crippen LogP contribution in [0.1, 0.15) is 21.5 Å². The fourth-order valence-corrected chi connectivity index (χ4v) is 3.66. The van der Waals surface area contributed by atoms with Gasteiger partial charge in [-0.1, -0.05) is 12.1 Å². The maximum atomic E-state index is 12.5. The lowest BCUT2D eigenvalue weighted by Crippen LogP contribution is -2.27. The van der Waals surface area contributed by atoms with E-state index in [1.807, 2.05) is 18.2 Å². The van der Waals surface area contributed by atoms with Crippen LogP contribution in [0.25, 0.3) is 0 Å². The molecule has 2 aromatic carbocycles. The molecule has 144 valence electrons. The molecule has 0 spiro atoms. The maximum absolute atomic E-state index is 12.5. The van der Waals surface area contributed by atoms with Gasteiger partial charge in [-0.05, 0) is 48.7 Å². The molecular formula is C19H22N2O5S. The molecule has 1 amide bonds. The van der Waals surface area contributed by atoms with Gasteiger partial charge in [0.1, 0.15) is 0 Å². The van der Waals surface area contributed by atoms with Gasteiger partial charge in [-0.2, -0.15) is 0 Å². The molecule has 0 bridgehead atoms. The van der Waals surface area contributed by atoms with Crippen molar-refractivity contribution in [1.29, 1.82) is 0 Å². The van der Waals surface area contributed by atoms with E-state index < -0.39 is 10.0 Å². The minimum atomic E-state index is -3.59. The van der Waals surface area contributed by atoms with Gasteiger partial charge in [-0.25, -0.2) is 12.7 Å². The summed E-state index contributed by atoms with van der Waals surface area (Å²) in [6.07, 6.45) is 0.622. The smallest absolute Gasteiger partial charge is 0.251 e. The Bertz CT molecular complexity index is 970. The molecule has 1 heterocycles. The number of amides is 1. The summed E-state index contributed by atoms with van der Waals surface area (Å²) in [6.45, 7) is 2.42. The predicted molar refractivity (Wildman–Crippen MR) is 101 cm³/mol. The summed E-state index contributed by atoms with van der Waals surface area (Å²) in [6, 6.07) is 10.2. The van der Waals surface area contributed by atoms with Crippen LogP contribution in [0.15, 0.2) is 41.3 Å². The van der Waals surface area contributed by atoms with E-state index in [1.165, 1.54) is 26.2 Å². The number of hydrogen-bond acceptors (Lipinski definition) is 5. The monoisotopic (exact) mass is 390 g/mol. The average molecular weight is 390 g/mol. The molecule has 0 unspecified atom stereocenters. The fourth-order valence-electron chi connectivity index (χ4n) is 2.73. The van der Waals surface area contributed by atoms with Crippen LogP contribution in [-0.4, -0.2) is 46.1 Å². The Balaban J connectivity index is 1.67. The lowest BCUT2D eigenvalue weighted by Gasteiger charge is -2.14. The fraction of sp³-hybridized carbons (Fsp3) is 0.316. The van der Waals surface area contributed by atoms with E-state index >= 15 is 0 Å². The van der Waals surface area contributed by atoms with Crippen LogP contribution in [0.5, 0.6) is 11.5 Å². The van der Waals surface area contributed by atoms with E-state index in [0.717, 1.165) is 15.6 Å². The van der Waals surface area contributed by atoms with Crippen molar-refractivity contribution >= 4 is 15.9 Å². The molecule has 2 aromatic rings. The van der Waals surface area contributed by atoms with E-state index in [-0.39, 0.29) is 17.6 Å². The number of nitrogens with one attached hydrogen (secondary N) is 1. The minimum Gasteiger partial charge on any atom is -0.454 e. The van der Waals surface area contributed by atoms with Gasteiger partial charge in [-0.15, -0.1) is 0 Å². The van der Waals surface area contributed by atoms with Crippen molar-refractivity contribution in [3.8, 4) is 11.5 Å². The molecular weight excluding hydrogens is 368 g/mol. The SMILES string of the molecule is Cc1ccc(S(=O)(=O)N(C)C)cc1C(=O)NCCc1ccc2c(c1)OCO2. The van der Waals surface area contributed by atoms with Crippen LogP contribution < -0.4 is 14.8 Å². The number of nitrogens with zero attached hydrogens (tertiary/aromatic N) is 1. The van der Waals surface area contributed by atoms with E-state index in [9.17, 15) is 13.2 Å². The van der Waals surface area contributed by atoms with Gasteiger partial charge in [-0.3, -0.25) is 4.79 Å². The van der Waals surface area contributed by atoms with Gasteiger partial charge in [0.25, 0.3) is 5.91 Å². The molecule has 1 N–H and O–H groups in total. The van der Waals surface area contributed by atoms with Crippen LogP contribution in [0.2, 0.25) is 0 Å². The molecule has 7 nitrogen and oxygen atoms in total. The van der Waals surface area contributed by atoms with Crippen LogP contribution in [-0.2, 0) is 16.4 Å². The summed E-state index contributed by atoms with van der Waals surface area (Å²) in [5.41, 5.74) is 2.08. The van der Waals surface area contributed by atoms with Crippen LogP contribution in [0, 0.1) is 6.92 Å². The Morgan fingerprint density at radius 1 is 1.11 bits per heavy atom. The highest BCUT2D eigenvalue weighted by Crippen LogP contribution is 2.32. The minimum absolute atomic E-state index is 0.0963. The van der Waals surface area contributed by atoms with Crippen molar-refractivity contribution in [3.63, 3.8) is 0 Å². The molecule has 0 saturated carbocycles. The Morgan fingerprint density at radius 3 is 2.59 bits per heavy atom. The molecule has 8 heteroatoms. The van der Waals surface area contributed by atoms with Crippen molar-refractivity contribution in [2.24, 2.45) is 0 Å². The van der Waals surface area contributed by atoms with E-state index in [1.54, 1.807) is 13.0 Å². The Kier molecular flexibility index (Phi) is 5.38. The van der Waals surface area contributed by atoms with E-state index in [4.69, 9.17) is 9.47 Å². The average Bonchev–Trinajstić information content (AvgIpc) is 3.09. The first-order valence-electron chi connectivity index (χ1n) is 8.49. The molecule has 0 saturated heterocycles. The topological polar surface area (TPSA) is 84.9 Å². The molecule has 0 atom stereocenters. The normalized spacial score (nSPS) is 13.0. The number of ether oxygens (including phenoxy) is 2. The summed E-state index contributed by atoms with van der Waals surface area (Å²) in [5, 5.41) is 2.84. The highest BCUT2D eigenvalue weighted by atomic mass is 32.2. The third kappa shape index (κ3) is 4.06. The van der Waals surface area contributed by atoms with Gasteiger partial charge in [0.2, 0.25) is 16.8 Å². The number of hydrogen-bond donors (Lipinski definition) is 1. The molecule has 0 radical (unpaired) electrons. The first-order chi connectivity index (χ1) is 12.8. The lowest BCUT2D eigenvalue weighted by atomic mass is 10.1. The number of sulfonamides is 1. The van der Waals surface area contributed by atoms with Gasteiger partial charge >= 0.3 is 0 Å². The van der Waals surface area contributed by atoms with Crippen LogP contribution in [0.3, 0.4) is 0 Å². The summed E-state index contributed by atoms with van der Waals surface area (Å²) in [5.74, 6) is 1.12. The van der Waals surface area contributed by atoms with Crippen molar-refractivity contribution in [3.05, 3.63) is 53.1 Å². The summed E-state index contributed by atoms with van der Waals surface area (Å²) in [7, 11) is -0.674. The molecule has 0 aliphatic carbocycles. The summed E-state index contributed by atoms with van der Waals surface area (Å²) < 4.78 is 36.3. The second-order valence-electron chi connectivity index (χ2n) is 6.46.